The second-order valence-electron chi connectivity index (χ2n) is 3.66. The van der Waals surface area contributed by atoms with Crippen LogP contribution in [0.15, 0.2) is 36.5 Å². The van der Waals surface area contributed by atoms with Crippen molar-refractivity contribution in [2.45, 2.75) is 0 Å². The van der Waals surface area contributed by atoms with Gasteiger partial charge in [0.2, 0.25) is 0 Å². The van der Waals surface area contributed by atoms with Crippen LogP contribution in [0.4, 0.5) is 5.69 Å². The number of anilines is 1. The van der Waals surface area contributed by atoms with E-state index in [1.165, 1.54) is 18.3 Å². The summed E-state index contributed by atoms with van der Waals surface area (Å²) in [5.41, 5.74) is 1.08. The number of carbonyl (C=O) groups is 1. The van der Waals surface area contributed by atoms with Crippen LogP contribution in [0, 0.1) is 11.3 Å². The highest BCUT2D eigenvalue weighted by Crippen LogP contribution is 2.22. The third-order valence-electron chi connectivity index (χ3n) is 2.25. The van der Waals surface area contributed by atoms with Gasteiger partial charge in [-0.1, -0.05) is 23.2 Å². The minimum Gasteiger partial charge on any atom is -0.321 e. The molecule has 1 aromatic carbocycles. The summed E-state index contributed by atoms with van der Waals surface area (Å²) in [4.78, 5) is 15.8. The molecule has 0 aliphatic carbocycles. The van der Waals surface area contributed by atoms with Gasteiger partial charge >= 0.3 is 0 Å². The van der Waals surface area contributed by atoms with Crippen LogP contribution in [0.3, 0.4) is 0 Å². The van der Waals surface area contributed by atoms with E-state index in [4.69, 9.17) is 28.5 Å². The lowest BCUT2D eigenvalue weighted by Crippen LogP contribution is -2.13. The average Bonchev–Trinajstić information content (AvgIpc) is 2.37. The highest BCUT2D eigenvalue weighted by atomic mass is 35.5. The number of nitrogens with zero attached hydrogens (tertiary/aromatic N) is 2. The summed E-state index contributed by atoms with van der Waals surface area (Å²) >= 11 is 11.7. The first-order chi connectivity index (χ1) is 9.08. The van der Waals surface area contributed by atoms with Crippen molar-refractivity contribution < 1.29 is 4.79 Å². The Morgan fingerprint density at radius 2 is 1.89 bits per heavy atom. The number of amides is 1. The molecule has 4 nitrogen and oxygen atoms in total. The van der Waals surface area contributed by atoms with Gasteiger partial charge in [-0.25, -0.2) is 4.98 Å². The predicted molar refractivity (Wildman–Crippen MR) is 73.4 cm³/mol. The third kappa shape index (κ3) is 3.44. The van der Waals surface area contributed by atoms with E-state index in [9.17, 15) is 4.79 Å². The summed E-state index contributed by atoms with van der Waals surface area (Å²) < 4.78 is 0. The maximum absolute atomic E-state index is 11.9. The number of carbonyl (C=O) groups excluding carboxylic acids is 1. The summed E-state index contributed by atoms with van der Waals surface area (Å²) in [6.45, 7) is 0. The molecule has 0 spiro atoms. The Labute approximate surface area is 119 Å². The first kappa shape index (κ1) is 13.3. The van der Waals surface area contributed by atoms with Gasteiger partial charge < -0.3 is 5.32 Å². The van der Waals surface area contributed by atoms with Crippen molar-refractivity contribution in [3.8, 4) is 6.07 Å². The van der Waals surface area contributed by atoms with E-state index in [2.05, 4.69) is 10.3 Å². The first-order valence-corrected chi connectivity index (χ1v) is 5.97. The molecule has 0 radical (unpaired) electrons. The van der Waals surface area contributed by atoms with Gasteiger partial charge in [-0.2, -0.15) is 5.26 Å². The number of nitriles is 1. The molecule has 0 saturated carbocycles. The van der Waals surface area contributed by atoms with Gasteiger partial charge in [-0.05, 0) is 30.3 Å². The molecule has 0 saturated heterocycles. The molecular weight excluding hydrogens is 285 g/mol. The smallest absolute Gasteiger partial charge is 0.274 e. The number of aromatic nitrogens is 1. The lowest BCUT2D eigenvalue weighted by Gasteiger charge is -2.05. The van der Waals surface area contributed by atoms with Gasteiger partial charge in [0.05, 0.1) is 5.56 Å². The molecule has 0 unspecified atom stereocenters. The van der Waals surface area contributed by atoms with Gasteiger partial charge in [0.15, 0.2) is 0 Å². The normalized spacial score (nSPS) is 9.74. The molecule has 6 heteroatoms. The molecular formula is C13H7Cl2N3O. The fraction of sp³-hybridized carbons (Fsp3) is 0. The zero-order valence-corrected chi connectivity index (χ0v) is 11.0. The monoisotopic (exact) mass is 291 g/mol. The topological polar surface area (TPSA) is 65.8 Å². The van der Waals surface area contributed by atoms with E-state index in [1.54, 1.807) is 18.2 Å². The highest BCUT2D eigenvalue weighted by Gasteiger charge is 2.08. The highest BCUT2D eigenvalue weighted by molar-refractivity contribution is 6.35. The van der Waals surface area contributed by atoms with Crippen molar-refractivity contribution in [3.05, 3.63) is 57.8 Å². The van der Waals surface area contributed by atoms with Crippen molar-refractivity contribution in [2.24, 2.45) is 0 Å². The van der Waals surface area contributed by atoms with E-state index in [1.807, 2.05) is 6.07 Å². The van der Waals surface area contributed by atoms with E-state index in [-0.39, 0.29) is 5.69 Å². The lowest BCUT2D eigenvalue weighted by molar-refractivity contribution is 0.102. The Morgan fingerprint density at radius 1 is 1.21 bits per heavy atom. The van der Waals surface area contributed by atoms with Crippen molar-refractivity contribution in [3.63, 3.8) is 0 Å². The molecule has 1 heterocycles. The van der Waals surface area contributed by atoms with Crippen molar-refractivity contribution in [1.82, 2.24) is 4.98 Å². The molecule has 0 aliphatic rings. The third-order valence-corrected chi connectivity index (χ3v) is 2.68. The van der Waals surface area contributed by atoms with Gasteiger partial charge in [0.1, 0.15) is 11.8 Å². The summed E-state index contributed by atoms with van der Waals surface area (Å²) in [5, 5.41) is 12.1. The van der Waals surface area contributed by atoms with Crippen molar-refractivity contribution in [1.29, 1.82) is 5.26 Å². The Hall–Kier alpha value is -2.09. The van der Waals surface area contributed by atoms with Crippen LogP contribution in [0.5, 0.6) is 0 Å². The molecule has 0 bridgehead atoms. The zero-order valence-electron chi connectivity index (χ0n) is 9.52. The Morgan fingerprint density at radius 3 is 2.42 bits per heavy atom. The largest absolute Gasteiger partial charge is 0.321 e. The average molecular weight is 292 g/mol. The minimum absolute atomic E-state index is 0.204. The van der Waals surface area contributed by atoms with Gasteiger partial charge in [0.25, 0.3) is 5.91 Å². The lowest BCUT2D eigenvalue weighted by atomic mass is 10.2. The first-order valence-electron chi connectivity index (χ1n) is 5.22. The minimum atomic E-state index is -0.400. The number of rotatable bonds is 2. The van der Waals surface area contributed by atoms with Gasteiger partial charge in [-0.15, -0.1) is 0 Å². The molecule has 1 aromatic heterocycles. The van der Waals surface area contributed by atoms with E-state index in [0.717, 1.165) is 0 Å². The van der Waals surface area contributed by atoms with E-state index >= 15 is 0 Å². The maximum atomic E-state index is 11.9. The zero-order chi connectivity index (χ0) is 13.8. The summed E-state index contributed by atoms with van der Waals surface area (Å²) in [6.07, 6.45) is 1.33. The number of hydrogen-bond donors (Lipinski definition) is 1. The maximum Gasteiger partial charge on any atom is 0.274 e. The summed E-state index contributed by atoms with van der Waals surface area (Å²) in [6, 6.07) is 9.65. The molecule has 0 fully saturated rings. The summed E-state index contributed by atoms with van der Waals surface area (Å²) in [7, 11) is 0. The van der Waals surface area contributed by atoms with Gasteiger partial charge in [0, 0.05) is 21.9 Å². The van der Waals surface area contributed by atoms with Crippen LogP contribution in [-0.4, -0.2) is 10.9 Å². The molecule has 0 aliphatic heterocycles. The number of nitrogens with one attached hydrogen (secondary N) is 1. The Bertz CT molecular complexity index is 642. The number of hydrogen-bond acceptors (Lipinski definition) is 3. The van der Waals surface area contributed by atoms with Crippen LogP contribution >= 0.6 is 23.2 Å². The molecule has 94 valence electrons. The Balaban J connectivity index is 2.18. The van der Waals surface area contributed by atoms with Crippen LogP contribution in [0.2, 0.25) is 10.0 Å². The molecule has 1 amide bonds. The molecule has 19 heavy (non-hydrogen) atoms. The van der Waals surface area contributed by atoms with Crippen molar-refractivity contribution >= 4 is 34.8 Å². The number of pyridine rings is 1. The molecule has 1 N–H and O–H groups in total. The van der Waals surface area contributed by atoms with E-state index in [0.29, 0.717) is 21.3 Å². The quantitative estimate of drug-likeness (QED) is 0.921. The second kappa shape index (κ2) is 5.70. The standard InChI is InChI=1S/C13H7Cl2N3O/c14-9-3-10(15)5-11(4-9)18-13(19)12-2-1-8(6-16)7-17-12/h1-5,7H,(H,18,19). The van der Waals surface area contributed by atoms with Crippen LogP contribution in [0.1, 0.15) is 16.1 Å². The molecule has 2 aromatic rings. The van der Waals surface area contributed by atoms with E-state index < -0.39 is 5.91 Å². The van der Waals surface area contributed by atoms with Crippen LogP contribution in [-0.2, 0) is 0 Å². The molecule has 0 atom stereocenters. The van der Waals surface area contributed by atoms with Crippen LogP contribution < -0.4 is 5.32 Å². The second-order valence-corrected chi connectivity index (χ2v) is 4.53. The van der Waals surface area contributed by atoms with Gasteiger partial charge in [-0.3, -0.25) is 4.79 Å². The number of benzene rings is 1. The summed E-state index contributed by atoms with van der Waals surface area (Å²) in [5.74, 6) is -0.400. The fourth-order valence-electron chi connectivity index (χ4n) is 1.42. The fourth-order valence-corrected chi connectivity index (χ4v) is 1.94. The van der Waals surface area contributed by atoms with Crippen LogP contribution in [0.25, 0.3) is 0 Å². The predicted octanol–water partition coefficient (Wildman–Crippen LogP) is 3.51. The molecule has 2 rings (SSSR count). The van der Waals surface area contributed by atoms with Crippen molar-refractivity contribution in [2.75, 3.05) is 5.32 Å². The number of halogens is 2. The Kier molecular flexibility index (Phi) is 4.00. The SMILES string of the molecule is N#Cc1ccc(C(=O)Nc2cc(Cl)cc(Cl)c2)nc1.